The first-order valence-electron chi connectivity index (χ1n) is 5.76. The maximum absolute atomic E-state index is 10.7. The smallest absolute Gasteiger partial charge is 0.850 e. The molecular formula is C13H20KNO5. The quantitative estimate of drug-likeness (QED) is 0.497. The van der Waals surface area contributed by atoms with Crippen molar-refractivity contribution in [2.45, 2.75) is 26.4 Å². The minimum absolute atomic E-state index is 0. The normalized spacial score (nSPS) is 9.85. The molecule has 0 saturated carbocycles. The summed E-state index contributed by atoms with van der Waals surface area (Å²) in [5.41, 5.74) is -0.691. The molecule has 7 heteroatoms. The maximum atomic E-state index is 10.7. The molecule has 0 fully saturated rings. The third-order valence-electron chi connectivity index (χ3n) is 1.53. The second kappa shape index (κ2) is 11.6. The number of hydrogen-bond acceptors (Lipinski definition) is 5. The van der Waals surface area contributed by atoms with E-state index in [9.17, 15) is 9.90 Å². The van der Waals surface area contributed by atoms with Crippen LogP contribution in [0.3, 0.4) is 0 Å². The molecule has 0 aliphatic rings. The summed E-state index contributed by atoms with van der Waals surface area (Å²) in [6.45, 7) is 5.58. The zero-order valence-corrected chi connectivity index (χ0v) is 15.8. The van der Waals surface area contributed by atoms with E-state index in [4.69, 9.17) is 14.6 Å². The molecule has 1 N–H and O–H groups in total. The molecule has 0 aliphatic heterocycles. The van der Waals surface area contributed by atoms with Crippen LogP contribution in [0.1, 0.15) is 31.1 Å². The number of aromatic nitrogens is 1. The Morgan fingerprint density at radius 1 is 1.40 bits per heavy atom. The van der Waals surface area contributed by atoms with E-state index in [1.54, 1.807) is 33.9 Å². The molecule has 6 nitrogen and oxygen atoms in total. The average Bonchev–Trinajstić information content (AvgIpc) is 2.27. The van der Waals surface area contributed by atoms with Gasteiger partial charge in [0.1, 0.15) is 12.2 Å². The van der Waals surface area contributed by atoms with Crippen LogP contribution in [-0.2, 0) is 4.74 Å². The summed E-state index contributed by atoms with van der Waals surface area (Å²) in [5, 5.41) is 18.9. The van der Waals surface area contributed by atoms with Crippen molar-refractivity contribution in [3.05, 3.63) is 23.9 Å². The van der Waals surface area contributed by atoms with E-state index < -0.39 is 11.6 Å². The largest absolute Gasteiger partial charge is 1.00 e. The van der Waals surface area contributed by atoms with Gasteiger partial charge in [-0.1, -0.05) is 20.8 Å². The monoisotopic (exact) mass is 309 g/mol. The predicted molar refractivity (Wildman–Crippen MR) is 68.3 cm³/mol. The van der Waals surface area contributed by atoms with Crippen LogP contribution in [0, 0.1) is 0 Å². The van der Waals surface area contributed by atoms with Crippen LogP contribution >= 0.6 is 0 Å². The molecule has 0 radical (unpaired) electrons. The Balaban J connectivity index is 0. The number of carbonyl (C=O) groups is 1. The number of rotatable bonds is 5. The van der Waals surface area contributed by atoms with Crippen LogP contribution in [0.15, 0.2) is 18.3 Å². The summed E-state index contributed by atoms with van der Waals surface area (Å²) in [5.74, 6) is -0.928. The van der Waals surface area contributed by atoms with E-state index in [2.05, 4.69) is 4.98 Å². The van der Waals surface area contributed by atoms with Gasteiger partial charge in [0.2, 0.25) is 5.88 Å². The van der Waals surface area contributed by atoms with Gasteiger partial charge in [0.05, 0.1) is 6.61 Å². The van der Waals surface area contributed by atoms with Crippen molar-refractivity contribution >= 4 is 5.97 Å². The number of pyridine rings is 1. The van der Waals surface area contributed by atoms with Crippen LogP contribution in [0.25, 0.3) is 0 Å². The second-order valence-electron chi connectivity index (χ2n) is 4.61. The van der Waals surface area contributed by atoms with Crippen molar-refractivity contribution in [3.8, 4) is 5.88 Å². The number of aromatic carboxylic acids is 1. The summed E-state index contributed by atoms with van der Waals surface area (Å²) >= 11 is 0. The Morgan fingerprint density at radius 2 is 1.95 bits per heavy atom. The number of methoxy groups -OCH3 is 1. The molecule has 0 aromatic carbocycles. The first-order valence-corrected chi connectivity index (χ1v) is 5.76. The standard InChI is InChI=1S/C9H11NO4.C4H9O.K/c1-13-5-6-14-8-7(9(11)12)3-2-4-10-8;1-4(2,3)5;/h2-4H,5-6H2,1H3,(H,11,12);1-3H3;/q;-1;+1. The van der Waals surface area contributed by atoms with Crippen molar-refractivity contribution in [1.82, 2.24) is 4.98 Å². The molecule has 1 rings (SSSR count). The molecule has 0 bridgehead atoms. The van der Waals surface area contributed by atoms with Gasteiger partial charge >= 0.3 is 57.4 Å². The van der Waals surface area contributed by atoms with E-state index in [1.165, 1.54) is 12.3 Å². The molecule has 0 amide bonds. The Kier molecular flexibility index (Phi) is 12.9. The van der Waals surface area contributed by atoms with Crippen LogP contribution in [-0.4, -0.2) is 42.0 Å². The van der Waals surface area contributed by atoms with E-state index in [0.717, 1.165) is 0 Å². The maximum Gasteiger partial charge on any atom is 1.00 e. The fourth-order valence-electron chi connectivity index (χ4n) is 0.890. The topological polar surface area (TPSA) is 91.7 Å². The van der Waals surface area contributed by atoms with Gasteiger partial charge in [0.25, 0.3) is 0 Å². The van der Waals surface area contributed by atoms with Gasteiger partial charge in [-0.05, 0) is 12.1 Å². The summed E-state index contributed by atoms with van der Waals surface area (Å²) in [4.78, 5) is 14.5. The Labute approximate surface area is 161 Å². The zero-order valence-electron chi connectivity index (χ0n) is 12.7. The Bertz CT molecular complexity index is 387. The number of carboxylic acids is 1. The van der Waals surface area contributed by atoms with E-state index in [0.29, 0.717) is 6.61 Å². The van der Waals surface area contributed by atoms with Crippen molar-refractivity contribution < 1.29 is 75.9 Å². The van der Waals surface area contributed by atoms with E-state index in [1.807, 2.05) is 0 Å². The van der Waals surface area contributed by atoms with Crippen molar-refractivity contribution in [1.29, 1.82) is 0 Å². The van der Waals surface area contributed by atoms with Crippen LogP contribution in [0.2, 0.25) is 0 Å². The molecule has 0 unspecified atom stereocenters. The van der Waals surface area contributed by atoms with E-state index >= 15 is 0 Å². The fraction of sp³-hybridized carbons (Fsp3) is 0.538. The predicted octanol–water partition coefficient (Wildman–Crippen LogP) is -2.05. The van der Waals surface area contributed by atoms with Crippen molar-refractivity contribution in [2.75, 3.05) is 20.3 Å². The third-order valence-corrected chi connectivity index (χ3v) is 1.53. The van der Waals surface area contributed by atoms with Gasteiger partial charge in [-0.3, -0.25) is 0 Å². The molecule has 1 aromatic rings. The summed E-state index contributed by atoms with van der Waals surface area (Å²) in [7, 11) is 1.54. The van der Waals surface area contributed by atoms with Gasteiger partial charge in [0, 0.05) is 13.3 Å². The van der Waals surface area contributed by atoms with Gasteiger partial charge in [0.15, 0.2) is 0 Å². The number of nitrogens with zero attached hydrogens (tertiary/aromatic N) is 1. The molecule has 0 aliphatic carbocycles. The summed E-state index contributed by atoms with van der Waals surface area (Å²) in [6.07, 6.45) is 1.48. The molecule has 20 heavy (non-hydrogen) atoms. The number of carboxylic acid groups (broad SMARTS) is 1. The number of hydrogen-bond donors (Lipinski definition) is 1. The molecule has 108 valence electrons. The van der Waals surface area contributed by atoms with Gasteiger partial charge in [-0.2, -0.15) is 0 Å². The Morgan fingerprint density at radius 3 is 2.40 bits per heavy atom. The number of ether oxygens (including phenoxy) is 2. The van der Waals surface area contributed by atoms with Crippen molar-refractivity contribution in [2.24, 2.45) is 0 Å². The molecule has 1 heterocycles. The van der Waals surface area contributed by atoms with Gasteiger partial charge in [-0.15, -0.1) is 5.60 Å². The first-order chi connectivity index (χ1) is 8.75. The molecule has 0 saturated heterocycles. The SMILES string of the molecule is CC(C)(C)[O-].COCCOc1ncccc1C(=O)O.[K+]. The van der Waals surface area contributed by atoms with Crippen molar-refractivity contribution in [3.63, 3.8) is 0 Å². The molecule has 1 aromatic heterocycles. The van der Waals surface area contributed by atoms with Crippen LogP contribution in [0.5, 0.6) is 5.88 Å². The van der Waals surface area contributed by atoms with Crippen LogP contribution in [0.4, 0.5) is 0 Å². The minimum atomic E-state index is -1.05. The minimum Gasteiger partial charge on any atom is -0.850 e. The average molecular weight is 309 g/mol. The summed E-state index contributed by atoms with van der Waals surface area (Å²) < 4.78 is 9.89. The van der Waals surface area contributed by atoms with Gasteiger partial charge < -0.3 is 19.7 Å². The molecule has 0 spiro atoms. The molecular weight excluding hydrogens is 289 g/mol. The fourth-order valence-corrected chi connectivity index (χ4v) is 0.890. The first kappa shape index (κ1) is 22.3. The second-order valence-corrected chi connectivity index (χ2v) is 4.61. The zero-order chi connectivity index (χ0) is 14.9. The molecule has 0 atom stereocenters. The third kappa shape index (κ3) is 13.0. The summed E-state index contributed by atoms with van der Waals surface area (Å²) in [6, 6.07) is 2.99. The van der Waals surface area contributed by atoms with Gasteiger partial charge in [-0.25, -0.2) is 9.78 Å². The van der Waals surface area contributed by atoms with Crippen LogP contribution < -0.4 is 61.2 Å². The Hall–Kier alpha value is -0.0236. The van der Waals surface area contributed by atoms with E-state index in [-0.39, 0.29) is 69.4 Å².